The van der Waals surface area contributed by atoms with Crippen LogP contribution in [0.3, 0.4) is 0 Å². The van der Waals surface area contributed by atoms with Gasteiger partial charge in [0.05, 0.1) is 0 Å². The SMILES string of the molecule is Cc1cc(C)c(C(N)CN(C)c2ccccc2C)c(C)c1. The van der Waals surface area contributed by atoms with Gasteiger partial charge < -0.3 is 10.6 Å². The van der Waals surface area contributed by atoms with E-state index in [4.69, 9.17) is 5.73 Å². The molecule has 2 aromatic rings. The van der Waals surface area contributed by atoms with E-state index in [1.165, 1.54) is 33.5 Å². The third-order valence-electron chi connectivity index (χ3n) is 4.11. The van der Waals surface area contributed by atoms with E-state index in [2.05, 4.69) is 76.0 Å². The Morgan fingerprint density at radius 3 is 2.10 bits per heavy atom. The van der Waals surface area contributed by atoms with Gasteiger partial charge in [0, 0.05) is 25.3 Å². The van der Waals surface area contributed by atoms with E-state index >= 15 is 0 Å². The van der Waals surface area contributed by atoms with E-state index in [1.54, 1.807) is 0 Å². The van der Waals surface area contributed by atoms with Crippen LogP contribution in [0, 0.1) is 27.7 Å². The molecule has 0 aromatic heterocycles. The van der Waals surface area contributed by atoms with Gasteiger partial charge in [0.15, 0.2) is 0 Å². The molecule has 0 saturated carbocycles. The first-order valence-corrected chi connectivity index (χ1v) is 7.50. The van der Waals surface area contributed by atoms with Gasteiger partial charge in [-0.25, -0.2) is 0 Å². The van der Waals surface area contributed by atoms with Crippen molar-refractivity contribution in [1.29, 1.82) is 0 Å². The average Bonchev–Trinajstić information content (AvgIpc) is 2.37. The maximum Gasteiger partial charge on any atom is 0.0478 e. The highest BCUT2D eigenvalue weighted by Gasteiger charge is 2.15. The molecule has 1 atom stereocenters. The van der Waals surface area contributed by atoms with Gasteiger partial charge in [0.25, 0.3) is 0 Å². The van der Waals surface area contributed by atoms with Crippen LogP contribution in [0.25, 0.3) is 0 Å². The number of nitrogens with zero attached hydrogens (tertiary/aromatic N) is 1. The molecule has 0 spiro atoms. The average molecular weight is 282 g/mol. The molecular weight excluding hydrogens is 256 g/mol. The minimum Gasteiger partial charge on any atom is -0.372 e. The number of para-hydroxylation sites is 1. The van der Waals surface area contributed by atoms with Crippen LogP contribution in [-0.4, -0.2) is 13.6 Å². The Kier molecular flexibility index (Phi) is 4.69. The summed E-state index contributed by atoms with van der Waals surface area (Å²) in [6.45, 7) is 9.40. The highest BCUT2D eigenvalue weighted by molar-refractivity contribution is 5.53. The number of benzene rings is 2. The molecule has 1 unspecified atom stereocenters. The molecule has 0 saturated heterocycles. The number of hydrogen-bond acceptors (Lipinski definition) is 2. The number of hydrogen-bond donors (Lipinski definition) is 1. The molecule has 112 valence electrons. The molecule has 0 aliphatic rings. The monoisotopic (exact) mass is 282 g/mol. The first kappa shape index (κ1) is 15.6. The Morgan fingerprint density at radius 1 is 0.952 bits per heavy atom. The molecule has 2 nitrogen and oxygen atoms in total. The predicted octanol–water partition coefficient (Wildman–Crippen LogP) is 4.06. The summed E-state index contributed by atoms with van der Waals surface area (Å²) in [7, 11) is 2.11. The van der Waals surface area contributed by atoms with Crippen LogP contribution >= 0.6 is 0 Å². The molecule has 2 rings (SSSR count). The summed E-state index contributed by atoms with van der Waals surface area (Å²) in [6, 6.07) is 12.9. The number of aryl methyl sites for hydroxylation is 4. The zero-order valence-electron chi connectivity index (χ0n) is 13.8. The third-order valence-corrected chi connectivity index (χ3v) is 4.11. The summed E-state index contributed by atoms with van der Waals surface area (Å²) >= 11 is 0. The number of rotatable bonds is 4. The molecule has 0 aliphatic carbocycles. The predicted molar refractivity (Wildman–Crippen MR) is 92.0 cm³/mol. The zero-order chi connectivity index (χ0) is 15.6. The molecule has 0 fully saturated rings. The lowest BCUT2D eigenvalue weighted by Gasteiger charge is -2.27. The quantitative estimate of drug-likeness (QED) is 0.916. The summed E-state index contributed by atoms with van der Waals surface area (Å²) in [5.41, 5.74) is 14.2. The van der Waals surface area contributed by atoms with Crippen LogP contribution in [-0.2, 0) is 0 Å². The van der Waals surface area contributed by atoms with E-state index in [0.717, 1.165) is 6.54 Å². The lowest BCUT2D eigenvalue weighted by Crippen LogP contribution is -2.30. The molecule has 0 bridgehead atoms. The first-order chi connectivity index (χ1) is 9.90. The Hall–Kier alpha value is -1.80. The molecule has 0 heterocycles. The molecule has 21 heavy (non-hydrogen) atoms. The summed E-state index contributed by atoms with van der Waals surface area (Å²) in [5, 5.41) is 0. The van der Waals surface area contributed by atoms with E-state index < -0.39 is 0 Å². The molecule has 2 aromatic carbocycles. The van der Waals surface area contributed by atoms with E-state index in [9.17, 15) is 0 Å². The lowest BCUT2D eigenvalue weighted by molar-refractivity contribution is 0.693. The highest BCUT2D eigenvalue weighted by atomic mass is 15.1. The topological polar surface area (TPSA) is 29.3 Å². The van der Waals surface area contributed by atoms with Crippen molar-refractivity contribution in [3.05, 3.63) is 64.2 Å². The van der Waals surface area contributed by atoms with E-state index in [-0.39, 0.29) is 6.04 Å². The van der Waals surface area contributed by atoms with Gasteiger partial charge in [0.1, 0.15) is 0 Å². The molecule has 0 radical (unpaired) electrons. The summed E-state index contributed by atoms with van der Waals surface area (Å²) in [5.74, 6) is 0. The van der Waals surface area contributed by atoms with Crippen LogP contribution in [0.2, 0.25) is 0 Å². The Balaban J connectivity index is 2.22. The standard InChI is InChI=1S/C19H26N2/c1-13-10-15(3)19(16(4)11-13)17(20)12-21(5)18-9-7-6-8-14(18)2/h6-11,17H,12,20H2,1-5H3. The van der Waals surface area contributed by atoms with Crippen LogP contribution < -0.4 is 10.6 Å². The zero-order valence-corrected chi connectivity index (χ0v) is 13.8. The molecule has 0 amide bonds. The van der Waals surface area contributed by atoms with Crippen molar-refractivity contribution < 1.29 is 0 Å². The normalized spacial score (nSPS) is 12.3. The highest BCUT2D eigenvalue weighted by Crippen LogP contribution is 2.25. The van der Waals surface area contributed by atoms with E-state index in [1.807, 2.05) is 0 Å². The van der Waals surface area contributed by atoms with Gasteiger partial charge in [-0.3, -0.25) is 0 Å². The van der Waals surface area contributed by atoms with Crippen LogP contribution in [0.4, 0.5) is 5.69 Å². The second-order valence-corrected chi connectivity index (χ2v) is 6.09. The van der Waals surface area contributed by atoms with Crippen molar-refractivity contribution in [2.45, 2.75) is 33.7 Å². The maximum absolute atomic E-state index is 6.49. The summed E-state index contributed by atoms with van der Waals surface area (Å²) in [6.07, 6.45) is 0. The Morgan fingerprint density at radius 2 is 1.52 bits per heavy atom. The second-order valence-electron chi connectivity index (χ2n) is 6.09. The van der Waals surface area contributed by atoms with E-state index in [0.29, 0.717) is 0 Å². The van der Waals surface area contributed by atoms with Gasteiger partial charge >= 0.3 is 0 Å². The first-order valence-electron chi connectivity index (χ1n) is 7.50. The van der Waals surface area contributed by atoms with Crippen LogP contribution in [0.5, 0.6) is 0 Å². The van der Waals surface area contributed by atoms with Crippen molar-refractivity contribution in [2.75, 3.05) is 18.5 Å². The van der Waals surface area contributed by atoms with Gasteiger partial charge in [-0.2, -0.15) is 0 Å². The van der Waals surface area contributed by atoms with Crippen molar-refractivity contribution in [3.8, 4) is 0 Å². The minimum absolute atomic E-state index is 0.0233. The summed E-state index contributed by atoms with van der Waals surface area (Å²) < 4.78 is 0. The van der Waals surface area contributed by atoms with Crippen molar-refractivity contribution in [1.82, 2.24) is 0 Å². The summed E-state index contributed by atoms with van der Waals surface area (Å²) in [4.78, 5) is 2.25. The van der Waals surface area contributed by atoms with Crippen LogP contribution in [0.15, 0.2) is 36.4 Å². The van der Waals surface area contributed by atoms with Gasteiger partial charge in [-0.05, 0) is 56.0 Å². The number of anilines is 1. The second kappa shape index (κ2) is 6.31. The van der Waals surface area contributed by atoms with Crippen LogP contribution in [0.1, 0.15) is 33.9 Å². The Labute approximate surface area is 128 Å². The third kappa shape index (κ3) is 3.45. The lowest BCUT2D eigenvalue weighted by atomic mass is 9.94. The fraction of sp³-hybridized carbons (Fsp3) is 0.368. The smallest absolute Gasteiger partial charge is 0.0478 e. The molecule has 2 heteroatoms. The van der Waals surface area contributed by atoms with Crippen molar-refractivity contribution >= 4 is 5.69 Å². The van der Waals surface area contributed by atoms with Crippen molar-refractivity contribution in [3.63, 3.8) is 0 Å². The number of likely N-dealkylation sites (N-methyl/N-ethyl adjacent to an activating group) is 1. The van der Waals surface area contributed by atoms with Gasteiger partial charge in [-0.15, -0.1) is 0 Å². The molecule has 2 N–H and O–H groups in total. The van der Waals surface area contributed by atoms with Crippen molar-refractivity contribution in [2.24, 2.45) is 5.73 Å². The fourth-order valence-corrected chi connectivity index (χ4v) is 3.25. The molecular formula is C19H26N2. The largest absolute Gasteiger partial charge is 0.372 e. The fourth-order valence-electron chi connectivity index (χ4n) is 3.25. The maximum atomic E-state index is 6.49. The number of nitrogens with two attached hydrogens (primary N) is 1. The minimum atomic E-state index is 0.0233. The van der Waals surface area contributed by atoms with Gasteiger partial charge in [0.2, 0.25) is 0 Å². The molecule has 0 aliphatic heterocycles. The Bertz CT molecular complexity index is 608. The van der Waals surface area contributed by atoms with Gasteiger partial charge in [-0.1, -0.05) is 35.9 Å².